The summed E-state index contributed by atoms with van der Waals surface area (Å²) in [5.74, 6) is 1.62. The topological polar surface area (TPSA) is 66.0 Å². The minimum Gasteiger partial charge on any atom is -0.376 e. The molecule has 0 spiro atoms. The molecule has 6 nitrogen and oxygen atoms in total. The van der Waals surface area contributed by atoms with Gasteiger partial charge < -0.3 is 15.4 Å². The van der Waals surface area contributed by atoms with Crippen molar-refractivity contribution in [2.24, 2.45) is 4.99 Å². The molecule has 1 saturated heterocycles. The molecule has 8 heteroatoms. The van der Waals surface area contributed by atoms with Crippen molar-refractivity contribution in [2.45, 2.75) is 76.9 Å². The van der Waals surface area contributed by atoms with Gasteiger partial charge in [0.25, 0.3) is 0 Å². The summed E-state index contributed by atoms with van der Waals surface area (Å²) in [6.07, 6.45) is 4.62. The van der Waals surface area contributed by atoms with Gasteiger partial charge in [0, 0.05) is 54.0 Å². The van der Waals surface area contributed by atoms with E-state index in [0.29, 0.717) is 23.9 Å². The summed E-state index contributed by atoms with van der Waals surface area (Å²) >= 11 is 0. The molecule has 1 aromatic carbocycles. The Morgan fingerprint density at radius 1 is 1.28 bits per heavy atom. The molecule has 1 aliphatic carbocycles. The van der Waals surface area contributed by atoms with E-state index >= 15 is 0 Å². The summed E-state index contributed by atoms with van der Waals surface area (Å²) in [5, 5.41) is 7.31. The summed E-state index contributed by atoms with van der Waals surface area (Å²) in [5.41, 5.74) is 2.56. The molecule has 1 aliphatic heterocycles. The first-order valence-corrected chi connectivity index (χ1v) is 13.3. The Bertz CT molecular complexity index is 748. The van der Waals surface area contributed by atoms with Crippen molar-refractivity contribution in [1.82, 2.24) is 15.5 Å². The van der Waals surface area contributed by atoms with Crippen molar-refractivity contribution in [1.29, 1.82) is 0 Å². The Morgan fingerprint density at radius 3 is 2.84 bits per heavy atom. The van der Waals surface area contributed by atoms with Crippen LogP contribution in [0.4, 0.5) is 0 Å². The number of hydrogen-bond acceptors (Lipinski definition) is 4. The molecule has 0 bridgehead atoms. The van der Waals surface area contributed by atoms with Crippen LogP contribution in [-0.2, 0) is 28.6 Å². The monoisotopic (exact) mass is 576 g/mol. The molecule has 1 heterocycles. The molecule has 32 heavy (non-hydrogen) atoms. The van der Waals surface area contributed by atoms with E-state index < -0.39 is 10.8 Å². The quantitative estimate of drug-likeness (QED) is 0.281. The average molecular weight is 577 g/mol. The predicted molar refractivity (Wildman–Crippen MR) is 145 cm³/mol. The molecule has 182 valence electrons. The molecule has 1 aromatic rings. The first-order chi connectivity index (χ1) is 15.1. The van der Waals surface area contributed by atoms with Gasteiger partial charge in [-0.3, -0.25) is 9.11 Å². The maximum atomic E-state index is 12.3. The molecule has 0 aromatic heterocycles. The number of morpholine rings is 1. The van der Waals surface area contributed by atoms with Crippen LogP contribution in [0, 0.1) is 0 Å². The highest BCUT2D eigenvalue weighted by Crippen LogP contribution is 2.23. The number of nitrogens with one attached hydrogen (secondary N) is 2. The zero-order valence-electron chi connectivity index (χ0n) is 19.8. The summed E-state index contributed by atoms with van der Waals surface area (Å²) in [7, 11) is -0.707. The molecule has 2 aliphatic rings. The third kappa shape index (κ3) is 8.91. The van der Waals surface area contributed by atoms with Crippen LogP contribution in [0.5, 0.6) is 0 Å². The van der Waals surface area contributed by atoms with Crippen LogP contribution in [-0.4, -0.2) is 64.5 Å². The van der Waals surface area contributed by atoms with E-state index in [1.165, 1.54) is 11.1 Å². The lowest BCUT2D eigenvalue weighted by atomic mass is 9.95. The summed E-state index contributed by atoms with van der Waals surface area (Å²) in [4.78, 5) is 7.31. The van der Waals surface area contributed by atoms with Crippen LogP contribution in [0.2, 0.25) is 0 Å². The van der Waals surface area contributed by atoms with Crippen molar-refractivity contribution in [2.75, 3.05) is 32.0 Å². The van der Waals surface area contributed by atoms with Gasteiger partial charge >= 0.3 is 0 Å². The molecule has 4 unspecified atom stereocenters. The van der Waals surface area contributed by atoms with Gasteiger partial charge in [0.05, 0.1) is 19.3 Å². The van der Waals surface area contributed by atoms with Crippen LogP contribution in [0.15, 0.2) is 29.3 Å². The van der Waals surface area contributed by atoms with E-state index in [1.54, 1.807) is 0 Å². The van der Waals surface area contributed by atoms with Crippen LogP contribution in [0.25, 0.3) is 0 Å². The third-order valence-corrected chi connectivity index (χ3v) is 7.85. The maximum Gasteiger partial charge on any atom is 0.191 e. The largest absolute Gasteiger partial charge is 0.376 e. The average Bonchev–Trinajstić information content (AvgIpc) is 2.77. The van der Waals surface area contributed by atoms with Crippen molar-refractivity contribution in [3.8, 4) is 0 Å². The van der Waals surface area contributed by atoms with Crippen molar-refractivity contribution < 1.29 is 8.95 Å². The zero-order valence-corrected chi connectivity index (χ0v) is 23.0. The summed E-state index contributed by atoms with van der Waals surface area (Å²) < 4.78 is 17.9. The van der Waals surface area contributed by atoms with Crippen molar-refractivity contribution >= 4 is 40.7 Å². The van der Waals surface area contributed by atoms with Crippen molar-refractivity contribution in [3.05, 3.63) is 35.4 Å². The van der Waals surface area contributed by atoms with Gasteiger partial charge in [-0.2, -0.15) is 0 Å². The molecule has 0 radical (unpaired) electrons. The van der Waals surface area contributed by atoms with E-state index in [9.17, 15) is 4.21 Å². The third-order valence-electron chi connectivity index (χ3n) is 6.11. The molecule has 2 fully saturated rings. The van der Waals surface area contributed by atoms with Crippen LogP contribution >= 0.6 is 24.0 Å². The van der Waals surface area contributed by atoms with E-state index in [4.69, 9.17) is 9.73 Å². The predicted octanol–water partition coefficient (Wildman–Crippen LogP) is 3.66. The Labute approximate surface area is 213 Å². The molecule has 0 amide bonds. The first kappa shape index (κ1) is 27.5. The summed E-state index contributed by atoms with van der Waals surface area (Å²) in [6.45, 7) is 11.5. The van der Waals surface area contributed by atoms with Crippen LogP contribution in [0.3, 0.4) is 0 Å². The lowest BCUT2D eigenvalue weighted by Crippen LogP contribution is -2.46. The second-order valence-electron chi connectivity index (χ2n) is 8.73. The Kier molecular flexibility index (Phi) is 12.5. The van der Waals surface area contributed by atoms with Gasteiger partial charge in [0.15, 0.2) is 5.96 Å². The standard InChI is InChI=1S/C24H40N4O2S.HI/c1-4-25-24(27-22-10-7-11-23(15-22)31(29)5-2)26-16-20-8-6-9-21(14-20)18-28-12-13-30-19(3)17-28;/h6,8-9,14,19,22-23H,4-5,7,10-13,15-18H2,1-3H3,(H2,25,26,27);1H. The van der Waals surface area contributed by atoms with Gasteiger partial charge in [-0.15, -0.1) is 24.0 Å². The Hall–Kier alpha value is -0.710. The number of benzene rings is 1. The van der Waals surface area contributed by atoms with Gasteiger partial charge in [0.2, 0.25) is 0 Å². The highest BCUT2D eigenvalue weighted by atomic mass is 127. The fourth-order valence-electron chi connectivity index (χ4n) is 4.55. The lowest BCUT2D eigenvalue weighted by molar-refractivity contribution is -0.0212. The maximum absolute atomic E-state index is 12.3. The second-order valence-corrected chi connectivity index (χ2v) is 10.7. The van der Waals surface area contributed by atoms with Gasteiger partial charge in [-0.05, 0) is 44.2 Å². The molecular formula is C24H41IN4O2S. The first-order valence-electron chi connectivity index (χ1n) is 11.9. The molecule has 4 atom stereocenters. The Balaban J connectivity index is 0.00000363. The minimum absolute atomic E-state index is 0. The molecular weight excluding hydrogens is 535 g/mol. The Morgan fingerprint density at radius 2 is 2.09 bits per heavy atom. The second kappa shape index (κ2) is 14.5. The van der Waals surface area contributed by atoms with E-state index in [-0.39, 0.29) is 24.0 Å². The van der Waals surface area contributed by atoms with Gasteiger partial charge in [0.1, 0.15) is 0 Å². The normalized spacial score (nSPS) is 25.6. The number of nitrogens with zero attached hydrogens (tertiary/aromatic N) is 2. The zero-order chi connectivity index (χ0) is 22.1. The fourth-order valence-corrected chi connectivity index (χ4v) is 5.90. The van der Waals surface area contributed by atoms with Crippen LogP contribution < -0.4 is 10.6 Å². The molecule has 2 N–H and O–H groups in total. The van der Waals surface area contributed by atoms with E-state index in [2.05, 4.69) is 53.6 Å². The molecule has 1 saturated carbocycles. The number of aliphatic imine (C=N–C) groups is 1. The fraction of sp³-hybridized carbons (Fsp3) is 0.708. The number of hydrogen-bond donors (Lipinski definition) is 2. The van der Waals surface area contributed by atoms with E-state index in [0.717, 1.165) is 70.2 Å². The number of rotatable bonds is 8. The highest BCUT2D eigenvalue weighted by molar-refractivity contribution is 14.0. The minimum atomic E-state index is -0.707. The van der Waals surface area contributed by atoms with Gasteiger partial charge in [-0.25, -0.2) is 4.99 Å². The molecule has 3 rings (SSSR count). The smallest absolute Gasteiger partial charge is 0.191 e. The van der Waals surface area contributed by atoms with Crippen LogP contribution in [0.1, 0.15) is 57.6 Å². The van der Waals surface area contributed by atoms with Gasteiger partial charge in [-0.1, -0.05) is 37.6 Å². The lowest BCUT2D eigenvalue weighted by Gasteiger charge is -2.31. The van der Waals surface area contributed by atoms with E-state index in [1.807, 2.05) is 6.92 Å². The van der Waals surface area contributed by atoms with Crippen molar-refractivity contribution in [3.63, 3.8) is 0 Å². The summed E-state index contributed by atoms with van der Waals surface area (Å²) in [6, 6.07) is 9.11. The highest BCUT2D eigenvalue weighted by Gasteiger charge is 2.26. The number of guanidine groups is 1. The number of ether oxygens (including phenoxy) is 1. The number of halogens is 1. The SMILES string of the molecule is CCNC(=NCc1cccc(CN2CCOC(C)C2)c1)NC1CCCC(S(=O)CC)C1.I.